The van der Waals surface area contributed by atoms with E-state index in [9.17, 15) is 14.7 Å². The first-order chi connectivity index (χ1) is 24.0. The number of esters is 1. The standard InChI is InChI=1S/C43H85NO5/c1-5-8-11-14-17-18-21-28-38-48-42(35-29-30-39(4)46)44-40(32-26-27-37-45)31-24-25-36-43(47)49-41(33-22-19-15-12-9-6-2)34-23-20-16-13-10-7-3/h40-42,44-45H,5-38H2,1-4H3. The molecule has 0 rings (SSSR count). The summed E-state index contributed by atoms with van der Waals surface area (Å²) in [6, 6.07) is 0.275. The van der Waals surface area contributed by atoms with Gasteiger partial charge in [-0.25, -0.2) is 0 Å². The lowest BCUT2D eigenvalue weighted by atomic mass is 10.0. The summed E-state index contributed by atoms with van der Waals surface area (Å²) >= 11 is 0. The zero-order valence-electron chi connectivity index (χ0n) is 33.4. The number of aliphatic hydroxyl groups excluding tert-OH is 1. The lowest BCUT2D eigenvalue weighted by molar-refractivity contribution is -0.150. The van der Waals surface area contributed by atoms with Gasteiger partial charge in [0.15, 0.2) is 0 Å². The third-order valence-corrected chi connectivity index (χ3v) is 9.94. The molecular formula is C43H85NO5. The maximum Gasteiger partial charge on any atom is 0.306 e. The molecule has 0 aromatic carbocycles. The number of rotatable bonds is 40. The molecule has 0 spiro atoms. The van der Waals surface area contributed by atoms with E-state index in [0.29, 0.717) is 12.8 Å². The Labute approximate surface area is 305 Å². The van der Waals surface area contributed by atoms with Crippen LogP contribution in [0.5, 0.6) is 0 Å². The second-order valence-electron chi connectivity index (χ2n) is 15.0. The highest BCUT2D eigenvalue weighted by Crippen LogP contribution is 2.19. The van der Waals surface area contributed by atoms with Crippen LogP contribution in [0.25, 0.3) is 0 Å². The molecular weight excluding hydrogens is 610 g/mol. The molecule has 0 saturated carbocycles. The Hall–Kier alpha value is -0.980. The van der Waals surface area contributed by atoms with Gasteiger partial charge in [0, 0.05) is 32.1 Å². The highest BCUT2D eigenvalue weighted by atomic mass is 16.5. The van der Waals surface area contributed by atoms with Crippen molar-refractivity contribution in [1.29, 1.82) is 0 Å². The van der Waals surface area contributed by atoms with Gasteiger partial charge < -0.3 is 19.4 Å². The van der Waals surface area contributed by atoms with Crippen molar-refractivity contribution in [1.82, 2.24) is 5.32 Å². The normalized spacial score (nSPS) is 12.9. The van der Waals surface area contributed by atoms with Crippen LogP contribution < -0.4 is 5.32 Å². The summed E-state index contributed by atoms with van der Waals surface area (Å²) in [5.74, 6) is 0.206. The molecule has 0 heterocycles. The summed E-state index contributed by atoms with van der Waals surface area (Å²) in [5.41, 5.74) is 0. The molecule has 0 aliphatic rings. The van der Waals surface area contributed by atoms with E-state index in [0.717, 1.165) is 90.1 Å². The minimum absolute atomic E-state index is 0.0254. The lowest BCUT2D eigenvalue weighted by Crippen LogP contribution is -2.40. The maximum absolute atomic E-state index is 13.0. The van der Waals surface area contributed by atoms with Gasteiger partial charge in [0.25, 0.3) is 0 Å². The summed E-state index contributed by atoms with van der Waals surface area (Å²) in [6.07, 6.45) is 35.7. The highest BCUT2D eigenvalue weighted by Gasteiger charge is 2.18. The van der Waals surface area contributed by atoms with Crippen LogP contribution in [0, 0.1) is 0 Å². The van der Waals surface area contributed by atoms with Crippen LogP contribution in [0.3, 0.4) is 0 Å². The molecule has 0 radical (unpaired) electrons. The van der Waals surface area contributed by atoms with Gasteiger partial charge in [-0.2, -0.15) is 0 Å². The number of aliphatic hydroxyl groups is 1. The van der Waals surface area contributed by atoms with Gasteiger partial charge >= 0.3 is 5.97 Å². The van der Waals surface area contributed by atoms with Crippen molar-refractivity contribution in [2.75, 3.05) is 13.2 Å². The van der Waals surface area contributed by atoms with E-state index in [1.54, 1.807) is 6.92 Å². The van der Waals surface area contributed by atoms with Gasteiger partial charge in [-0.15, -0.1) is 0 Å². The van der Waals surface area contributed by atoms with Gasteiger partial charge in [-0.05, 0) is 84.0 Å². The van der Waals surface area contributed by atoms with E-state index in [4.69, 9.17) is 9.47 Å². The fourth-order valence-electron chi connectivity index (χ4n) is 6.76. The zero-order valence-corrected chi connectivity index (χ0v) is 33.4. The molecule has 0 saturated heterocycles. The van der Waals surface area contributed by atoms with Crippen molar-refractivity contribution in [3.05, 3.63) is 0 Å². The van der Waals surface area contributed by atoms with Crippen LogP contribution in [-0.2, 0) is 19.1 Å². The van der Waals surface area contributed by atoms with Crippen molar-refractivity contribution in [3.8, 4) is 0 Å². The molecule has 0 fully saturated rings. The summed E-state index contributed by atoms with van der Waals surface area (Å²) < 4.78 is 12.5. The van der Waals surface area contributed by atoms with Crippen LogP contribution in [0.1, 0.15) is 233 Å². The Morgan fingerprint density at radius 3 is 1.51 bits per heavy atom. The van der Waals surface area contributed by atoms with Gasteiger partial charge in [-0.3, -0.25) is 10.1 Å². The molecule has 2 N–H and O–H groups in total. The molecule has 6 nitrogen and oxygen atoms in total. The number of nitrogens with one attached hydrogen (secondary N) is 1. The number of carbonyl (C=O) groups is 2. The summed E-state index contributed by atoms with van der Waals surface area (Å²) in [7, 11) is 0. The Morgan fingerprint density at radius 2 is 1.00 bits per heavy atom. The van der Waals surface area contributed by atoms with Crippen LogP contribution in [0.4, 0.5) is 0 Å². The third-order valence-electron chi connectivity index (χ3n) is 9.94. The quantitative estimate of drug-likeness (QED) is 0.0377. The van der Waals surface area contributed by atoms with Crippen molar-refractivity contribution in [3.63, 3.8) is 0 Å². The number of unbranched alkanes of at least 4 members (excludes halogenated alkanes) is 19. The molecule has 0 amide bonds. The molecule has 2 atom stereocenters. The fraction of sp³-hybridized carbons (Fsp3) is 0.953. The number of carbonyl (C=O) groups excluding carboxylic acids is 2. The Balaban J connectivity index is 4.82. The van der Waals surface area contributed by atoms with Crippen molar-refractivity contribution in [2.24, 2.45) is 0 Å². The molecule has 0 aliphatic heterocycles. The van der Waals surface area contributed by atoms with Crippen molar-refractivity contribution in [2.45, 2.75) is 252 Å². The summed E-state index contributed by atoms with van der Waals surface area (Å²) in [6.45, 7) is 9.41. The largest absolute Gasteiger partial charge is 0.462 e. The predicted octanol–water partition coefficient (Wildman–Crippen LogP) is 12.3. The number of hydrogen-bond acceptors (Lipinski definition) is 6. The molecule has 292 valence electrons. The average molecular weight is 696 g/mol. The average Bonchev–Trinajstić information content (AvgIpc) is 3.08. The first-order valence-electron chi connectivity index (χ1n) is 21.6. The lowest BCUT2D eigenvalue weighted by Gasteiger charge is -2.26. The SMILES string of the molecule is CCCCCCCCCCOC(CCCC(C)=O)NC(CCCCO)CCCCC(=O)OC(CCCCCCCC)CCCCCCCC. The molecule has 2 unspecified atom stereocenters. The Kier molecular flexibility index (Phi) is 37.5. The van der Waals surface area contributed by atoms with E-state index < -0.39 is 0 Å². The zero-order chi connectivity index (χ0) is 36.0. The monoisotopic (exact) mass is 696 g/mol. The second kappa shape index (κ2) is 38.3. The van der Waals surface area contributed by atoms with Crippen molar-refractivity contribution >= 4 is 11.8 Å². The van der Waals surface area contributed by atoms with Gasteiger partial charge in [0.05, 0.1) is 0 Å². The van der Waals surface area contributed by atoms with Gasteiger partial charge in [0.1, 0.15) is 18.1 Å². The van der Waals surface area contributed by atoms with Gasteiger partial charge in [-0.1, -0.05) is 136 Å². The number of ketones is 1. The maximum atomic E-state index is 13.0. The molecule has 0 aliphatic carbocycles. The molecule has 49 heavy (non-hydrogen) atoms. The van der Waals surface area contributed by atoms with E-state index >= 15 is 0 Å². The number of ether oxygens (including phenoxy) is 2. The highest BCUT2D eigenvalue weighted by molar-refractivity contribution is 5.75. The Bertz CT molecular complexity index is 686. The molecule has 0 aromatic heterocycles. The number of Topliss-reactive ketones (excluding diaryl/α,β-unsaturated/α-hetero) is 1. The fourth-order valence-corrected chi connectivity index (χ4v) is 6.76. The second-order valence-corrected chi connectivity index (χ2v) is 15.0. The summed E-state index contributed by atoms with van der Waals surface area (Å²) in [4.78, 5) is 24.6. The minimum atomic E-state index is -0.0577. The van der Waals surface area contributed by atoms with Crippen molar-refractivity contribution < 1.29 is 24.2 Å². The van der Waals surface area contributed by atoms with Crippen LogP contribution in [0.15, 0.2) is 0 Å². The predicted molar refractivity (Wildman–Crippen MR) is 209 cm³/mol. The number of hydrogen-bond donors (Lipinski definition) is 2. The van der Waals surface area contributed by atoms with E-state index in [1.807, 2.05) is 0 Å². The van der Waals surface area contributed by atoms with Crippen LogP contribution >= 0.6 is 0 Å². The summed E-state index contributed by atoms with van der Waals surface area (Å²) in [5, 5.41) is 13.2. The minimum Gasteiger partial charge on any atom is -0.462 e. The van der Waals surface area contributed by atoms with Crippen LogP contribution in [0.2, 0.25) is 0 Å². The first-order valence-corrected chi connectivity index (χ1v) is 21.6. The third kappa shape index (κ3) is 35.2. The van der Waals surface area contributed by atoms with E-state index in [1.165, 1.54) is 109 Å². The molecule has 6 heteroatoms. The van der Waals surface area contributed by atoms with Gasteiger partial charge in [0.2, 0.25) is 0 Å². The Morgan fingerprint density at radius 1 is 0.531 bits per heavy atom. The smallest absolute Gasteiger partial charge is 0.306 e. The molecule has 0 aromatic rings. The van der Waals surface area contributed by atoms with E-state index in [-0.39, 0.29) is 36.7 Å². The van der Waals surface area contributed by atoms with E-state index in [2.05, 4.69) is 26.1 Å². The topological polar surface area (TPSA) is 84.9 Å². The van der Waals surface area contributed by atoms with Crippen LogP contribution in [-0.4, -0.2) is 48.4 Å². The first kappa shape index (κ1) is 48.0. The molecule has 0 bridgehead atoms.